The van der Waals surface area contributed by atoms with Crippen molar-refractivity contribution >= 4 is 27.8 Å². The van der Waals surface area contributed by atoms with Gasteiger partial charge >= 0.3 is 5.97 Å². The van der Waals surface area contributed by atoms with Crippen LogP contribution in [0, 0.1) is 0 Å². The van der Waals surface area contributed by atoms with Crippen LogP contribution in [0.3, 0.4) is 0 Å². The number of rotatable bonds is 3. The summed E-state index contributed by atoms with van der Waals surface area (Å²) in [6.07, 6.45) is 1.89. The Morgan fingerprint density at radius 3 is 2.22 bits per heavy atom. The van der Waals surface area contributed by atoms with Crippen LogP contribution in [0.15, 0.2) is 42.6 Å². The number of aromatic hydroxyl groups is 2. The minimum Gasteiger partial charge on any atom is -0.504 e. The second-order valence-electron chi connectivity index (χ2n) is 5.69. The number of methoxy groups -OCH3 is 2. The Hall–Kier alpha value is -3.81. The molecule has 8 heteroatoms. The van der Waals surface area contributed by atoms with Crippen LogP contribution in [-0.4, -0.2) is 45.5 Å². The van der Waals surface area contributed by atoms with E-state index >= 15 is 0 Å². The van der Waals surface area contributed by atoms with Gasteiger partial charge in [0.1, 0.15) is 5.69 Å². The smallest absolute Gasteiger partial charge is 0.352 e. The zero-order valence-electron chi connectivity index (χ0n) is 14.6. The largest absolute Gasteiger partial charge is 0.504 e. The van der Waals surface area contributed by atoms with Crippen molar-refractivity contribution in [3.63, 3.8) is 0 Å². The van der Waals surface area contributed by atoms with Gasteiger partial charge in [-0.1, -0.05) is 0 Å². The lowest BCUT2D eigenvalue weighted by molar-refractivity contribution is 0.0691. The number of aromatic amines is 2. The number of hydrogen-bond acceptors (Lipinski definition) is 5. The zero-order chi connectivity index (χ0) is 19.6. The van der Waals surface area contributed by atoms with Crippen LogP contribution in [0.4, 0.5) is 0 Å². The van der Waals surface area contributed by atoms with Gasteiger partial charge in [-0.05, 0) is 24.3 Å². The predicted molar refractivity (Wildman–Crippen MR) is 100.0 cm³/mol. The summed E-state index contributed by atoms with van der Waals surface area (Å²) in [5.74, 6) is -0.128. The third-order valence-electron chi connectivity index (χ3n) is 4.00. The van der Waals surface area contributed by atoms with Crippen molar-refractivity contribution in [3.05, 3.63) is 48.3 Å². The first-order valence-corrected chi connectivity index (χ1v) is 7.90. The van der Waals surface area contributed by atoms with Crippen molar-refractivity contribution in [2.24, 2.45) is 0 Å². The number of benzene rings is 2. The lowest BCUT2D eigenvalue weighted by Crippen LogP contribution is -1.94. The van der Waals surface area contributed by atoms with Gasteiger partial charge in [0.2, 0.25) is 0 Å². The molecule has 2 aromatic carbocycles. The second kappa shape index (κ2) is 7.20. The second-order valence-corrected chi connectivity index (χ2v) is 5.69. The molecule has 5 N–H and O–H groups in total. The van der Waals surface area contributed by atoms with E-state index in [1.807, 2.05) is 24.4 Å². The molecule has 2 heterocycles. The summed E-state index contributed by atoms with van der Waals surface area (Å²) < 4.78 is 10.3. The van der Waals surface area contributed by atoms with Gasteiger partial charge in [0.25, 0.3) is 0 Å². The lowest BCUT2D eigenvalue weighted by Gasteiger charge is -2.06. The lowest BCUT2D eigenvalue weighted by atomic mass is 10.2. The molecule has 8 nitrogen and oxygen atoms in total. The molecule has 4 aromatic rings. The van der Waals surface area contributed by atoms with Crippen molar-refractivity contribution in [2.75, 3.05) is 14.2 Å². The van der Waals surface area contributed by atoms with Crippen LogP contribution >= 0.6 is 0 Å². The fourth-order valence-electron chi connectivity index (χ4n) is 2.65. The molecule has 0 aliphatic heterocycles. The molecule has 0 fully saturated rings. The molecule has 0 saturated heterocycles. The van der Waals surface area contributed by atoms with E-state index in [4.69, 9.17) is 24.8 Å². The first-order chi connectivity index (χ1) is 12.9. The van der Waals surface area contributed by atoms with Crippen LogP contribution in [0.2, 0.25) is 0 Å². The number of fused-ring (bicyclic) bond motifs is 2. The molecule has 0 radical (unpaired) electrons. The zero-order valence-corrected chi connectivity index (χ0v) is 14.6. The van der Waals surface area contributed by atoms with Crippen molar-refractivity contribution in [2.45, 2.75) is 0 Å². The molecule has 0 atom stereocenters. The summed E-state index contributed by atoms with van der Waals surface area (Å²) >= 11 is 0. The molecular formula is C19H18N2O6. The molecule has 0 unspecified atom stereocenters. The summed E-state index contributed by atoms with van der Waals surface area (Å²) in [6.45, 7) is 0. The van der Waals surface area contributed by atoms with E-state index in [9.17, 15) is 4.79 Å². The van der Waals surface area contributed by atoms with Crippen molar-refractivity contribution in [3.8, 4) is 23.0 Å². The van der Waals surface area contributed by atoms with Crippen molar-refractivity contribution in [1.82, 2.24) is 9.97 Å². The Morgan fingerprint density at radius 2 is 1.56 bits per heavy atom. The Morgan fingerprint density at radius 1 is 0.889 bits per heavy atom. The van der Waals surface area contributed by atoms with Gasteiger partial charge in [0, 0.05) is 34.6 Å². The number of hydrogen-bond donors (Lipinski definition) is 5. The first kappa shape index (κ1) is 18.0. The van der Waals surface area contributed by atoms with Crippen LogP contribution < -0.4 is 9.47 Å². The van der Waals surface area contributed by atoms with Gasteiger partial charge in [0.15, 0.2) is 23.0 Å². The monoisotopic (exact) mass is 370 g/mol. The Balaban J connectivity index is 0.000000156. The average Bonchev–Trinajstić information content (AvgIpc) is 3.27. The highest BCUT2D eigenvalue weighted by Gasteiger charge is 2.09. The van der Waals surface area contributed by atoms with E-state index in [2.05, 4.69) is 9.97 Å². The number of phenols is 2. The van der Waals surface area contributed by atoms with Crippen molar-refractivity contribution < 1.29 is 29.6 Å². The highest BCUT2D eigenvalue weighted by atomic mass is 16.5. The molecule has 0 amide bonds. The fraction of sp³-hybridized carbons (Fsp3) is 0.105. The summed E-state index contributed by atoms with van der Waals surface area (Å²) in [5, 5.41) is 28.6. The maximum atomic E-state index is 10.6. The fourth-order valence-corrected chi connectivity index (χ4v) is 2.65. The number of aromatic nitrogens is 2. The summed E-state index contributed by atoms with van der Waals surface area (Å²) in [6, 6.07) is 9.83. The molecule has 4 rings (SSSR count). The standard InChI is InChI=1S/C10H11NO2.C9H7NO4/c1-12-9-5-7-3-4-11-8(7)6-10(9)13-2;11-7-2-4-1-6(9(13)14)10-5(4)3-8(7)12/h3-6,11H,1-2H3;1-3,10-12H,(H,13,14). The summed E-state index contributed by atoms with van der Waals surface area (Å²) in [5.41, 5.74) is 1.54. The van der Waals surface area contributed by atoms with Gasteiger partial charge in [-0.25, -0.2) is 4.79 Å². The predicted octanol–water partition coefficient (Wildman–Crippen LogP) is 3.46. The first-order valence-electron chi connectivity index (χ1n) is 7.90. The highest BCUT2D eigenvalue weighted by Crippen LogP contribution is 2.31. The van der Waals surface area contributed by atoms with Crippen LogP contribution in [0.1, 0.15) is 10.5 Å². The third-order valence-corrected chi connectivity index (χ3v) is 4.00. The van der Waals surface area contributed by atoms with Gasteiger partial charge in [-0.2, -0.15) is 0 Å². The van der Waals surface area contributed by atoms with Gasteiger partial charge in [-0.15, -0.1) is 0 Å². The molecule has 0 aliphatic carbocycles. The quantitative estimate of drug-likeness (QED) is 0.351. The van der Waals surface area contributed by atoms with Crippen LogP contribution in [-0.2, 0) is 0 Å². The number of phenolic OH excluding ortho intramolecular Hbond substituents is 2. The Kier molecular flexibility index (Phi) is 4.80. The molecule has 2 aromatic heterocycles. The van der Waals surface area contributed by atoms with Crippen LogP contribution in [0.25, 0.3) is 21.8 Å². The number of carboxylic acid groups (broad SMARTS) is 1. The average molecular weight is 370 g/mol. The number of carboxylic acids is 1. The van der Waals surface area contributed by atoms with E-state index in [-0.39, 0.29) is 17.2 Å². The van der Waals surface area contributed by atoms with Gasteiger partial charge in [0.05, 0.1) is 19.7 Å². The molecular weight excluding hydrogens is 352 g/mol. The summed E-state index contributed by atoms with van der Waals surface area (Å²) in [4.78, 5) is 16.3. The highest BCUT2D eigenvalue weighted by molar-refractivity contribution is 5.94. The van der Waals surface area contributed by atoms with Gasteiger partial charge < -0.3 is 34.8 Å². The number of ether oxygens (including phenoxy) is 2. The Bertz CT molecular complexity index is 1040. The normalized spacial score (nSPS) is 10.4. The number of carbonyl (C=O) groups is 1. The summed E-state index contributed by atoms with van der Waals surface area (Å²) in [7, 11) is 3.27. The Labute approximate surface area is 153 Å². The van der Waals surface area contributed by atoms with Gasteiger partial charge in [-0.3, -0.25) is 0 Å². The number of aromatic carboxylic acids is 1. The SMILES string of the molecule is COc1cc2cc[nH]c2cc1OC.O=C(O)c1cc2cc(O)c(O)cc2[nH]1. The number of H-pyrrole nitrogens is 2. The molecule has 0 spiro atoms. The minimum atomic E-state index is -1.08. The maximum Gasteiger partial charge on any atom is 0.352 e. The van der Waals surface area contributed by atoms with E-state index in [0.29, 0.717) is 10.9 Å². The topological polar surface area (TPSA) is 128 Å². The van der Waals surface area contributed by atoms with E-state index in [1.165, 1.54) is 18.2 Å². The molecule has 0 saturated carbocycles. The molecule has 140 valence electrons. The van der Waals surface area contributed by atoms with E-state index < -0.39 is 5.97 Å². The van der Waals surface area contributed by atoms with Crippen LogP contribution in [0.5, 0.6) is 23.0 Å². The molecule has 0 bridgehead atoms. The molecule has 27 heavy (non-hydrogen) atoms. The van der Waals surface area contributed by atoms with E-state index in [0.717, 1.165) is 22.4 Å². The maximum absolute atomic E-state index is 10.6. The third kappa shape index (κ3) is 3.59. The molecule has 0 aliphatic rings. The van der Waals surface area contributed by atoms with E-state index in [1.54, 1.807) is 14.2 Å². The number of nitrogens with one attached hydrogen (secondary N) is 2. The van der Waals surface area contributed by atoms with Crippen molar-refractivity contribution in [1.29, 1.82) is 0 Å². The minimum absolute atomic E-state index is 0.0185.